The molecular weight excluding hydrogens is 264 g/mol. The Hall–Kier alpha value is -1.18. The van der Waals surface area contributed by atoms with Crippen molar-refractivity contribution in [1.29, 1.82) is 0 Å². The minimum Gasteiger partial charge on any atom is -0.481 e. The van der Waals surface area contributed by atoms with Crippen molar-refractivity contribution in [2.24, 2.45) is 11.7 Å². The molecule has 0 aromatic rings. The quantitative estimate of drug-likeness (QED) is 0.702. The van der Waals surface area contributed by atoms with Gasteiger partial charge in [0.05, 0.1) is 25.9 Å². The fourth-order valence-electron chi connectivity index (χ4n) is 2.78. The van der Waals surface area contributed by atoms with Crippen LogP contribution in [0.1, 0.15) is 19.8 Å². The summed E-state index contributed by atoms with van der Waals surface area (Å²) in [5, 5.41) is 9.24. The molecule has 1 amide bonds. The lowest BCUT2D eigenvalue weighted by atomic mass is 9.94. The molecule has 2 heterocycles. The third-order valence-corrected chi connectivity index (χ3v) is 3.97. The number of aliphatic carboxylic acids is 1. The minimum atomic E-state index is -1.03. The van der Waals surface area contributed by atoms with Gasteiger partial charge in [0.25, 0.3) is 0 Å². The van der Waals surface area contributed by atoms with E-state index in [1.807, 2.05) is 6.92 Å². The molecule has 2 fully saturated rings. The predicted molar refractivity (Wildman–Crippen MR) is 70.1 cm³/mol. The number of carbonyl (C=O) groups excluding carboxylic acids is 1. The van der Waals surface area contributed by atoms with Crippen LogP contribution >= 0.6 is 0 Å². The maximum absolute atomic E-state index is 12.7. The lowest BCUT2D eigenvalue weighted by Crippen LogP contribution is -2.60. The van der Waals surface area contributed by atoms with E-state index in [1.54, 1.807) is 4.90 Å². The molecule has 2 aliphatic heterocycles. The summed E-state index contributed by atoms with van der Waals surface area (Å²) >= 11 is 0. The van der Waals surface area contributed by atoms with E-state index >= 15 is 0 Å². The van der Waals surface area contributed by atoms with Gasteiger partial charge in [0.15, 0.2) is 0 Å². The predicted octanol–water partition coefficient (Wildman–Crippen LogP) is -0.558. The average molecular weight is 286 g/mol. The standard InChI is InChI=1S/C13H22N2O5/c1-2-4-15(10-7-20-6-9(10)11(16)17)12(18)13(14)3-5-19-8-13/h9-10H,2-8,14H2,1H3,(H,16,17). The molecule has 7 nitrogen and oxygen atoms in total. The second-order valence-corrected chi connectivity index (χ2v) is 5.51. The highest BCUT2D eigenvalue weighted by molar-refractivity contribution is 5.87. The van der Waals surface area contributed by atoms with Gasteiger partial charge < -0.3 is 25.2 Å². The molecule has 0 aromatic carbocycles. The van der Waals surface area contributed by atoms with E-state index in [1.165, 1.54) is 0 Å². The van der Waals surface area contributed by atoms with Crippen molar-refractivity contribution in [1.82, 2.24) is 4.90 Å². The van der Waals surface area contributed by atoms with Gasteiger partial charge in [-0.05, 0) is 12.8 Å². The molecule has 0 aliphatic carbocycles. The van der Waals surface area contributed by atoms with Crippen molar-refractivity contribution < 1.29 is 24.2 Å². The third-order valence-electron chi connectivity index (χ3n) is 3.97. The van der Waals surface area contributed by atoms with E-state index in [2.05, 4.69) is 0 Å². The van der Waals surface area contributed by atoms with Crippen LogP contribution in [0.15, 0.2) is 0 Å². The van der Waals surface area contributed by atoms with Crippen LogP contribution in [-0.4, -0.2) is 66.4 Å². The number of hydrogen-bond acceptors (Lipinski definition) is 5. The van der Waals surface area contributed by atoms with Crippen molar-refractivity contribution >= 4 is 11.9 Å². The molecule has 0 aromatic heterocycles. The second kappa shape index (κ2) is 6.07. The van der Waals surface area contributed by atoms with Gasteiger partial charge in [-0.15, -0.1) is 0 Å². The van der Waals surface area contributed by atoms with Crippen LogP contribution in [0, 0.1) is 5.92 Å². The second-order valence-electron chi connectivity index (χ2n) is 5.51. The fraction of sp³-hybridized carbons (Fsp3) is 0.846. The van der Waals surface area contributed by atoms with E-state index in [-0.39, 0.29) is 25.7 Å². The number of nitrogens with two attached hydrogens (primary N) is 1. The number of nitrogens with zero attached hydrogens (tertiary/aromatic N) is 1. The first-order valence-corrected chi connectivity index (χ1v) is 6.98. The Morgan fingerprint density at radius 2 is 2.15 bits per heavy atom. The van der Waals surface area contributed by atoms with Crippen molar-refractivity contribution in [3.8, 4) is 0 Å². The largest absolute Gasteiger partial charge is 0.481 e. The van der Waals surface area contributed by atoms with E-state index in [0.29, 0.717) is 19.6 Å². The van der Waals surface area contributed by atoms with E-state index < -0.39 is 23.5 Å². The molecule has 2 aliphatic rings. The minimum absolute atomic E-state index is 0.140. The molecule has 3 atom stereocenters. The van der Waals surface area contributed by atoms with Crippen LogP contribution in [0.3, 0.4) is 0 Å². The summed E-state index contributed by atoms with van der Waals surface area (Å²) in [6, 6.07) is -0.444. The first-order valence-electron chi connectivity index (χ1n) is 6.98. The van der Waals surface area contributed by atoms with Crippen LogP contribution in [0.2, 0.25) is 0 Å². The number of rotatable bonds is 5. The number of carboxylic acids is 1. The monoisotopic (exact) mass is 286 g/mol. The highest BCUT2D eigenvalue weighted by atomic mass is 16.5. The van der Waals surface area contributed by atoms with Gasteiger partial charge in [-0.25, -0.2) is 0 Å². The van der Waals surface area contributed by atoms with E-state index in [4.69, 9.17) is 15.2 Å². The van der Waals surface area contributed by atoms with Crippen molar-refractivity contribution in [3.05, 3.63) is 0 Å². The highest BCUT2D eigenvalue weighted by Gasteiger charge is 2.46. The Morgan fingerprint density at radius 3 is 2.70 bits per heavy atom. The van der Waals surface area contributed by atoms with Gasteiger partial charge in [-0.2, -0.15) is 0 Å². The molecule has 0 spiro atoms. The molecule has 7 heteroatoms. The molecule has 20 heavy (non-hydrogen) atoms. The SMILES string of the molecule is CCCN(C(=O)C1(N)CCOC1)C1COCC1C(=O)O. The van der Waals surface area contributed by atoms with Crippen LogP contribution in [-0.2, 0) is 19.1 Å². The summed E-state index contributed by atoms with van der Waals surface area (Å²) in [6.45, 7) is 3.47. The van der Waals surface area contributed by atoms with Crippen LogP contribution in [0.4, 0.5) is 0 Å². The zero-order valence-electron chi connectivity index (χ0n) is 11.7. The summed E-state index contributed by atoms with van der Waals surface area (Å²) in [5.41, 5.74) is 5.09. The van der Waals surface area contributed by atoms with Gasteiger partial charge in [-0.3, -0.25) is 9.59 Å². The van der Waals surface area contributed by atoms with Crippen molar-refractivity contribution in [2.45, 2.75) is 31.3 Å². The average Bonchev–Trinajstić information content (AvgIpc) is 3.04. The number of ether oxygens (including phenoxy) is 2. The highest BCUT2D eigenvalue weighted by Crippen LogP contribution is 2.25. The van der Waals surface area contributed by atoms with Crippen LogP contribution in [0.5, 0.6) is 0 Å². The first-order chi connectivity index (χ1) is 9.49. The smallest absolute Gasteiger partial charge is 0.311 e. The molecule has 2 rings (SSSR count). The molecule has 2 saturated heterocycles. The molecule has 0 bridgehead atoms. The van der Waals surface area contributed by atoms with E-state index in [9.17, 15) is 14.7 Å². The number of amides is 1. The van der Waals surface area contributed by atoms with Gasteiger partial charge in [0, 0.05) is 13.2 Å². The maximum Gasteiger partial charge on any atom is 0.311 e. The Bertz CT molecular complexity index is 381. The maximum atomic E-state index is 12.7. The topological polar surface area (TPSA) is 102 Å². The van der Waals surface area contributed by atoms with Gasteiger partial charge >= 0.3 is 5.97 Å². The molecule has 114 valence electrons. The normalized spacial score (nSPS) is 33.3. The van der Waals surface area contributed by atoms with Crippen molar-refractivity contribution in [2.75, 3.05) is 33.0 Å². The molecule has 3 N–H and O–H groups in total. The van der Waals surface area contributed by atoms with E-state index in [0.717, 1.165) is 6.42 Å². The molecule has 0 saturated carbocycles. The molecule has 3 unspecified atom stereocenters. The van der Waals surface area contributed by atoms with Gasteiger partial charge in [0.1, 0.15) is 11.5 Å². The summed E-state index contributed by atoms with van der Waals surface area (Å²) in [4.78, 5) is 25.5. The summed E-state index contributed by atoms with van der Waals surface area (Å²) in [6.07, 6.45) is 1.21. The zero-order valence-corrected chi connectivity index (χ0v) is 11.7. The van der Waals surface area contributed by atoms with Gasteiger partial charge in [-0.1, -0.05) is 6.92 Å². The Labute approximate surface area is 118 Å². The lowest BCUT2D eigenvalue weighted by Gasteiger charge is -2.35. The third kappa shape index (κ3) is 2.79. The first kappa shape index (κ1) is 15.2. The molecule has 0 radical (unpaired) electrons. The Balaban J connectivity index is 2.17. The number of carboxylic acid groups (broad SMARTS) is 1. The summed E-state index contributed by atoms with van der Waals surface area (Å²) in [7, 11) is 0. The molecular formula is C13H22N2O5. The Kier molecular flexibility index (Phi) is 4.62. The van der Waals surface area contributed by atoms with Gasteiger partial charge in [0.2, 0.25) is 5.91 Å². The Morgan fingerprint density at radius 1 is 1.40 bits per heavy atom. The number of carbonyl (C=O) groups is 2. The van der Waals surface area contributed by atoms with Crippen molar-refractivity contribution in [3.63, 3.8) is 0 Å². The summed E-state index contributed by atoms with van der Waals surface area (Å²) < 4.78 is 10.5. The zero-order chi connectivity index (χ0) is 14.8. The fourth-order valence-corrected chi connectivity index (χ4v) is 2.78. The number of hydrogen-bond donors (Lipinski definition) is 2. The lowest BCUT2D eigenvalue weighted by molar-refractivity contribution is -0.146. The van der Waals surface area contributed by atoms with Crippen LogP contribution in [0.25, 0.3) is 0 Å². The summed E-state index contributed by atoms with van der Waals surface area (Å²) in [5.74, 6) is -1.84. The van der Waals surface area contributed by atoms with Crippen LogP contribution < -0.4 is 5.73 Å².